The number of nitrogens with one attached hydrogen (secondary N) is 2. The summed E-state index contributed by atoms with van der Waals surface area (Å²) in [6.07, 6.45) is 2.65. The molecule has 0 amide bonds. The first kappa shape index (κ1) is 21.1. The fourth-order valence-electron chi connectivity index (χ4n) is 4.40. The molecule has 0 saturated carbocycles. The molecule has 162 valence electrons. The Balaban J connectivity index is 1.36. The van der Waals surface area contributed by atoms with Gasteiger partial charge in [-0.2, -0.15) is 4.31 Å². The standard InChI is InChI=1S/C22H29N3O4S/c1-28-18-6-3-5-17(13-18)22-15-21(23-24-22)16-9-11-25(12-10-16)30(26,27)20-8-4-7-19(14-20)29-2/h3-8,13-14,16,21-24H,9-12,15H2,1-2H3. The average molecular weight is 432 g/mol. The van der Waals surface area contributed by atoms with E-state index >= 15 is 0 Å². The molecule has 2 aliphatic rings. The second-order valence-electron chi connectivity index (χ2n) is 7.88. The van der Waals surface area contributed by atoms with Crippen LogP contribution in [0.1, 0.15) is 30.9 Å². The molecule has 0 bridgehead atoms. The van der Waals surface area contributed by atoms with Gasteiger partial charge in [-0.15, -0.1) is 0 Å². The Morgan fingerprint density at radius 3 is 2.30 bits per heavy atom. The van der Waals surface area contributed by atoms with Gasteiger partial charge in [0.1, 0.15) is 11.5 Å². The third-order valence-corrected chi connectivity index (χ3v) is 8.07. The summed E-state index contributed by atoms with van der Waals surface area (Å²) in [4.78, 5) is 0.291. The van der Waals surface area contributed by atoms with Gasteiger partial charge in [0, 0.05) is 31.2 Å². The van der Waals surface area contributed by atoms with Crippen LogP contribution < -0.4 is 20.3 Å². The first-order valence-corrected chi connectivity index (χ1v) is 11.7. The molecule has 0 aromatic heterocycles. The molecule has 2 aliphatic heterocycles. The van der Waals surface area contributed by atoms with Crippen molar-refractivity contribution in [1.82, 2.24) is 15.2 Å². The topological polar surface area (TPSA) is 79.9 Å². The molecule has 2 atom stereocenters. The summed E-state index contributed by atoms with van der Waals surface area (Å²) in [5, 5.41) is 0. The highest BCUT2D eigenvalue weighted by atomic mass is 32.2. The van der Waals surface area contributed by atoms with Crippen LogP contribution in [0.25, 0.3) is 0 Å². The molecule has 2 unspecified atom stereocenters. The summed E-state index contributed by atoms with van der Waals surface area (Å²) in [7, 11) is -0.283. The van der Waals surface area contributed by atoms with Gasteiger partial charge in [-0.1, -0.05) is 18.2 Å². The Labute approximate surface area is 178 Å². The molecule has 0 radical (unpaired) electrons. The molecule has 2 aromatic carbocycles. The summed E-state index contributed by atoms with van der Waals surface area (Å²) in [5.41, 5.74) is 8.03. The lowest BCUT2D eigenvalue weighted by Crippen LogP contribution is -2.44. The second-order valence-corrected chi connectivity index (χ2v) is 9.82. The number of rotatable bonds is 6. The number of hydrazine groups is 1. The van der Waals surface area contributed by atoms with Crippen LogP contribution in [-0.2, 0) is 10.0 Å². The quantitative estimate of drug-likeness (QED) is 0.732. The highest BCUT2D eigenvalue weighted by Crippen LogP contribution is 2.33. The number of nitrogens with zero attached hydrogens (tertiary/aromatic N) is 1. The van der Waals surface area contributed by atoms with Crippen molar-refractivity contribution in [3.8, 4) is 11.5 Å². The van der Waals surface area contributed by atoms with Crippen LogP contribution in [0, 0.1) is 5.92 Å². The Bertz CT molecular complexity index is 974. The van der Waals surface area contributed by atoms with Crippen LogP contribution >= 0.6 is 0 Å². The molecule has 2 N–H and O–H groups in total. The zero-order valence-corrected chi connectivity index (χ0v) is 18.2. The van der Waals surface area contributed by atoms with Crippen LogP contribution in [-0.4, -0.2) is 46.1 Å². The van der Waals surface area contributed by atoms with Crippen molar-refractivity contribution >= 4 is 10.0 Å². The molecule has 4 rings (SSSR count). The Morgan fingerprint density at radius 1 is 0.933 bits per heavy atom. The van der Waals surface area contributed by atoms with Crippen LogP contribution in [0.4, 0.5) is 0 Å². The number of hydrogen-bond acceptors (Lipinski definition) is 6. The van der Waals surface area contributed by atoms with Crippen molar-refractivity contribution in [2.45, 2.75) is 36.2 Å². The predicted octanol–water partition coefficient (Wildman–Crippen LogP) is 2.71. The van der Waals surface area contributed by atoms with Gasteiger partial charge in [0.05, 0.1) is 19.1 Å². The van der Waals surface area contributed by atoms with E-state index in [1.165, 1.54) is 5.56 Å². The highest BCUT2D eigenvalue weighted by molar-refractivity contribution is 7.89. The van der Waals surface area contributed by atoms with Crippen LogP contribution in [0.2, 0.25) is 0 Å². The van der Waals surface area contributed by atoms with E-state index < -0.39 is 10.0 Å². The average Bonchev–Trinajstić information content (AvgIpc) is 3.29. The molecule has 0 aliphatic carbocycles. The van der Waals surface area contributed by atoms with Gasteiger partial charge in [0.25, 0.3) is 0 Å². The van der Waals surface area contributed by atoms with Crippen molar-refractivity contribution in [2.75, 3.05) is 27.3 Å². The van der Waals surface area contributed by atoms with E-state index in [0.717, 1.165) is 25.0 Å². The lowest BCUT2D eigenvalue weighted by Gasteiger charge is -2.34. The molecule has 30 heavy (non-hydrogen) atoms. The molecule has 2 aromatic rings. The summed E-state index contributed by atoms with van der Waals surface area (Å²) >= 11 is 0. The van der Waals surface area contributed by atoms with E-state index in [2.05, 4.69) is 23.0 Å². The fourth-order valence-corrected chi connectivity index (χ4v) is 5.90. The number of hydrogen-bond donors (Lipinski definition) is 2. The molecule has 8 heteroatoms. The molecule has 0 spiro atoms. The minimum atomic E-state index is -3.50. The lowest BCUT2D eigenvalue weighted by atomic mass is 9.87. The fraction of sp³-hybridized carbons (Fsp3) is 0.455. The van der Waals surface area contributed by atoms with Gasteiger partial charge in [-0.25, -0.2) is 8.42 Å². The zero-order chi connectivity index (χ0) is 21.1. The van der Waals surface area contributed by atoms with Gasteiger partial charge in [-0.05, 0) is 55.0 Å². The number of benzene rings is 2. The summed E-state index contributed by atoms with van der Waals surface area (Å²) in [6.45, 7) is 1.07. The van der Waals surface area contributed by atoms with Gasteiger partial charge < -0.3 is 9.47 Å². The van der Waals surface area contributed by atoms with Crippen LogP contribution in [0.5, 0.6) is 11.5 Å². The molecule has 2 fully saturated rings. The third-order valence-electron chi connectivity index (χ3n) is 6.18. The monoisotopic (exact) mass is 431 g/mol. The van der Waals surface area contributed by atoms with Gasteiger partial charge in [0.15, 0.2) is 0 Å². The number of ether oxygens (including phenoxy) is 2. The maximum Gasteiger partial charge on any atom is 0.243 e. The number of piperidine rings is 1. The SMILES string of the molecule is COc1cccc(C2CC(C3CCN(S(=O)(=O)c4cccc(OC)c4)CC3)NN2)c1. The molecular weight excluding hydrogens is 402 g/mol. The third kappa shape index (κ3) is 4.32. The second kappa shape index (κ2) is 8.93. The van der Waals surface area contributed by atoms with Gasteiger partial charge in [0.2, 0.25) is 10.0 Å². The van der Waals surface area contributed by atoms with Gasteiger partial charge >= 0.3 is 0 Å². The lowest BCUT2D eigenvalue weighted by molar-refractivity contribution is 0.230. The van der Waals surface area contributed by atoms with Crippen molar-refractivity contribution in [1.29, 1.82) is 0 Å². The van der Waals surface area contributed by atoms with E-state index in [1.807, 2.05) is 12.1 Å². The zero-order valence-electron chi connectivity index (χ0n) is 17.4. The molecule has 2 saturated heterocycles. The van der Waals surface area contributed by atoms with E-state index in [1.54, 1.807) is 42.8 Å². The molecule has 2 heterocycles. The first-order chi connectivity index (χ1) is 14.5. The maximum absolute atomic E-state index is 13.0. The van der Waals surface area contributed by atoms with Crippen molar-refractivity contribution in [3.63, 3.8) is 0 Å². The Morgan fingerprint density at radius 2 is 1.60 bits per heavy atom. The van der Waals surface area contributed by atoms with E-state index in [0.29, 0.717) is 35.7 Å². The highest BCUT2D eigenvalue weighted by Gasteiger charge is 2.36. The van der Waals surface area contributed by atoms with E-state index in [9.17, 15) is 8.42 Å². The number of methoxy groups -OCH3 is 2. The first-order valence-electron chi connectivity index (χ1n) is 10.3. The Hall–Kier alpha value is -2.13. The largest absolute Gasteiger partial charge is 0.497 e. The maximum atomic E-state index is 13.0. The summed E-state index contributed by atoms with van der Waals surface area (Å²) in [5.74, 6) is 1.84. The van der Waals surface area contributed by atoms with E-state index in [4.69, 9.17) is 9.47 Å². The van der Waals surface area contributed by atoms with Crippen molar-refractivity contribution in [3.05, 3.63) is 54.1 Å². The normalized spacial score (nSPS) is 23.4. The van der Waals surface area contributed by atoms with Crippen molar-refractivity contribution in [2.24, 2.45) is 5.92 Å². The summed E-state index contributed by atoms with van der Waals surface area (Å²) < 4.78 is 38.1. The number of sulfonamides is 1. The predicted molar refractivity (Wildman–Crippen MR) is 115 cm³/mol. The smallest absolute Gasteiger partial charge is 0.243 e. The van der Waals surface area contributed by atoms with Gasteiger partial charge in [-0.3, -0.25) is 10.9 Å². The minimum absolute atomic E-state index is 0.226. The van der Waals surface area contributed by atoms with E-state index in [-0.39, 0.29) is 6.04 Å². The van der Waals surface area contributed by atoms with Crippen LogP contribution in [0.3, 0.4) is 0 Å². The molecule has 7 nitrogen and oxygen atoms in total. The molecular formula is C22H29N3O4S. The van der Waals surface area contributed by atoms with Crippen molar-refractivity contribution < 1.29 is 17.9 Å². The minimum Gasteiger partial charge on any atom is -0.497 e. The summed E-state index contributed by atoms with van der Waals surface area (Å²) in [6, 6.07) is 15.3. The Kier molecular flexibility index (Phi) is 6.29. The van der Waals surface area contributed by atoms with Crippen LogP contribution in [0.15, 0.2) is 53.4 Å².